The summed E-state index contributed by atoms with van der Waals surface area (Å²) in [4.78, 5) is 0. The molecule has 0 bridgehead atoms. The minimum atomic E-state index is 0.232. The zero-order valence-electron chi connectivity index (χ0n) is 10.4. The van der Waals surface area contributed by atoms with Crippen LogP contribution in [0.25, 0.3) is 0 Å². The van der Waals surface area contributed by atoms with Gasteiger partial charge in [-0.3, -0.25) is 0 Å². The first-order valence-electron chi connectivity index (χ1n) is 6.10. The quantitative estimate of drug-likeness (QED) is 0.748. The van der Waals surface area contributed by atoms with E-state index in [0.29, 0.717) is 25.3 Å². The zero-order chi connectivity index (χ0) is 11.3. The summed E-state index contributed by atoms with van der Waals surface area (Å²) in [6, 6.07) is 0.669. The van der Waals surface area contributed by atoms with E-state index in [4.69, 9.17) is 10.5 Å². The molecular weight excluding hydrogens is 188 g/mol. The van der Waals surface area contributed by atoms with E-state index in [2.05, 4.69) is 26.1 Å². The summed E-state index contributed by atoms with van der Waals surface area (Å²) in [5, 5.41) is 3.65. The highest BCUT2D eigenvalue weighted by Gasteiger charge is 2.24. The molecule has 0 aliphatic heterocycles. The van der Waals surface area contributed by atoms with Crippen LogP contribution in [-0.2, 0) is 4.74 Å². The predicted molar refractivity (Wildman–Crippen MR) is 63.9 cm³/mol. The van der Waals surface area contributed by atoms with Gasteiger partial charge in [0.05, 0.1) is 12.7 Å². The van der Waals surface area contributed by atoms with Gasteiger partial charge in [0.25, 0.3) is 0 Å². The van der Waals surface area contributed by atoms with E-state index in [1.807, 2.05) is 0 Å². The molecule has 0 saturated heterocycles. The summed E-state index contributed by atoms with van der Waals surface area (Å²) < 4.78 is 5.66. The molecule has 0 amide bonds. The first-order chi connectivity index (χ1) is 7.01. The molecule has 0 aromatic rings. The SMILES string of the molecule is CC(C)(C)NC1CCC(OCCN)CC1. The molecule has 15 heavy (non-hydrogen) atoms. The first kappa shape index (κ1) is 12.9. The molecule has 3 heteroatoms. The van der Waals surface area contributed by atoms with Crippen molar-refractivity contribution in [2.24, 2.45) is 5.73 Å². The lowest BCUT2D eigenvalue weighted by atomic mass is 9.91. The van der Waals surface area contributed by atoms with Crippen molar-refractivity contribution in [3.8, 4) is 0 Å². The lowest BCUT2D eigenvalue weighted by Crippen LogP contribution is -2.46. The summed E-state index contributed by atoms with van der Waals surface area (Å²) in [6.45, 7) is 8.03. The van der Waals surface area contributed by atoms with Crippen molar-refractivity contribution in [3.05, 3.63) is 0 Å². The van der Waals surface area contributed by atoms with Crippen LogP contribution < -0.4 is 11.1 Å². The van der Waals surface area contributed by atoms with E-state index in [1.54, 1.807) is 0 Å². The molecule has 90 valence electrons. The van der Waals surface area contributed by atoms with Crippen molar-refractivity contribution >= 4 is 0 Å². The average molecular weight is 214 g/mol. The Morgan fingerprint density at radius 3 is 2.27 bits per heavy atom. The van der Waals surface area contributed by atoms with Crippen LogP contribution in [0.1, 0.15) is 46.5 Å². The minimum Gasteiger partial charge on any atom is -0.377 e. The molecular formula is C12H26N2O. The van der Waals surface area contributed by atoms with Gasteiger partial charge in [-0.05, 0) is 46.5 Å². The van der Waals surface area contributed by atoms with Gasteiger partial charge in [0.1, 0.15) is 0 Å². The van der Waals surface area contributed by atoms with Gasteiger partial charge >= 0.3 is 0 Å². The second-order valence-corrected chi connectivity index (χ2v) is 5.53. The molecule has 3 N–H and O–H groups in total. The summed E-state index contributed by atoms with van der Waals surface area (Å²) in [5.74, 6) is 0. The zero-order valence-corrected chi connectivity index (χ0v) is 10.4. The van der Waals surface area contributed by atoms with Crippen molar-refractivity contribution in [1.82, 2.24) is 5.32 Å². The monoisotopic (exact) mass is 214 g/mol. The van der Waals surface area contributed by atoms with E-state index in [0.717, 1.165) is 0 Å². The minimum absolute atomic E-state index is 0.232. The highest BCUT2D eigenvalue weighted by Crippen LogP contribution is 2.22. The molecule has 1 rings (SSSR count). The first-order valence-corrected chi connectivity index (χ1v) is 6.10. The Morgan fingerprint density at radius 1 is 1.20 bits per heavy atom. The number of nitrogens with two attached hydrogens (primary N) is 1. The van der Waals surface area contributed by atoms with Gasteiger partial charge in [0.15, 0.2) is 0 Å². The molecule has 0 unspecified atom stereocenters. The fraction of sp³-hybridized carbons (Fsp3) is 1.00. The van der Waals surface area contributed by atoms with Gasteiger partial charge in [0.2, 0.25) is 0 Å². The highest BCUT2D eigenvalue weighted by molar-refractivity contribution is 4.83. The predicted octanol–water partition coefficient (Wildman–Crippen LogP) is 1.66. The van der Waals surface area contributed by atoms with Gasteiger partial charge < -0.3 is 15.8 Å². The van der Waals surface area contributed by atoms with Gasteiger partial charge in [-0.25, -0.2) is 0 Å². The topological polar surface area (TPSA) is 47.3 Å². The fourth-order valence-corrected chi connectivity index (χ4v) is 2.22. The summed E-state index contributed by atoms with van der Waals surface area (Å²) >= 11 is 0. The summed E-state index contributed by atoms with van der Waals surface area (Å²) in [6.07, 6.45) is 5.26. The number of hydrogen-bond acceptors (Lipinski definition) is 3. The molecule has 0 atom stereocenters. The maximum Gasteiger partial charge on any atom is 0.0592 e. The largest absolute Gasteiger partial charge is 0.377 e. The number of ether oxygens (including phenoxy) is 1. The molecule has 3 nitrogen and oxygen atoms in total. The van der Waals surface area contributed by atoms with Crippen molar-refractivity contribution < 1.29 is 4.74 Å². The van der Waals surface area contributed by atoms with Crippen LogP contribution in [0.15, 0.2) is 0 Å². The Morgan fingerprint density at radius 2 is 1.80 bits per heavy atom. The van der Waals surface area contributed by atoms with Crippen molar-refractivity contribution in [3.63, 3.8) is 0 Å². The normalized spacial score (nSPS) is 28.0. The lowest BCUT2D eigenvalue weighted by Gasteiger charge is -2.34. The third-order valence-corrected chi connectivity index (χ3v) is 2.78. The van der Waals surface area contributed by atoms with E-state index < -0.39 is 0 Å². The Bertz CT molecular complexity index is 169. The lowest BCUT2D eigenvalue weighted by molar-refractivity contribution is 0.0250. The van der Waals surface area contributed by atoms with Crippen LogP contribution in [0.4, 0.5) is 0 Å². The van der Waals surface area contributed by atoms with E-state index in [-0.39, 0.29) is 5.54 Å². The number of hydrogen-bond donors (Lipinski definition) is 2. The fourth-order valence-electron chi connectivity index (χ4n) is 2.22. The molecule has 0 radical (unpaired) electrons. The summed E-state index contributed by atoms with van der Waals surface area (Å²) in [7, 11) is 0. The van der Waals surface area contributed by atoms with Crippen molar-refractivity contribution in [2.75, 3.05) is 13.2 Å². The van der Waals surface area contributed by atoms with E-state index >= 15 is 0 Å². The Hall–Kier alpha value is -0.120. The smallest absolute Gasteiger partial charge is 0.0592 e. The van der Waals surface area contributed by atoms with Crippen molar-refractivity contribution in [2.45, 2.75) is 64.1 Å². The average Bonchev–Trinajstić information content (AvgIpc) is 2.14. The summed E-state index contributed by atoms with van der Waals surface area (Å²) in [5.41, 5.74) is 5.65. The van der Waals surface area contributed by atoms with Crippen LogP contribution in [0.3, 0.4) is 0 Å². The van der Waals surface area contributed by atoms with Crippen LogP contribution in [0.5, 0.6) is 0 Å². The van der Waals surface area contributed by atoms with Crippen LogP contribution >= 0.6 is 0 Å². The molecule has 1 aliphatic carbocycles. The van der Waals surface area contributed by atoms with Crippen LogP contribution in [-0.4, -0.2) is 30.8 Å². The van der Waals surface area contributed by atoms with Crippen LogP contribution in [0.2, 0.25) is 0 Å². The van der Waals surface area contributed by atoms with E-state index in [9.17, 15) is 0 Å². The van der Waals surface area contributed by atoms with Gasteiger partial charge in [-0.15, -0.1) is 0 Å². The number of rotatable bonds is 4. The standard InChI is InChI=1S/C12H26N2O/c1-12(2,3)14-10-4-6-11(7-5-10)15-9-8-13/h10-11,14H,4-9,13H2,1-3H3. The van der Waals surface area contributed by atoms with Gasteiger partial charge in [-0.1, -0.05) is 0 Å². The molecule has 0 spiro atoms. The van der Waals surface area contributed by atoms with Gasteiger partial charge in [-0.2, -0.15) is 0 Å². The Balaban J connectivity index is 2.18. The Kier molecular flexibility index (Phi) is 5.03. The third kappa shape index (κ3) is 5.50. The highest BCUT2D eigenvalue weighted by atomic mass is 16.5. The molecule has 0 aromatic carbocycles. The number of nitrogens with one attached hydrogen (secondary N) is 1. The van der Waals surface area contributed by atoms with Gasteiger partial charge in [0, 0.05) is 18.1 Å². The van der Waals surface area contributed by atoms with Crippen LogP contribution in [0, 0.1) is 0 Å². The maximum atomic E-state index is 5.66. The third-order valence-electron chi connectivity index (χ3n) is 2.78. The second kappa shape index (κ2) is 5.83. The Labute approximate surface area is 93.8 Å². The van der Waals surface area contributed by atoms with E-state index in [1.165, 1.54) is 25.7 Å². The van der Waals surface area contributed by atoms with Crippen molar-refractivity contribution in [1.29, 1.82) is 0 Å². The molecule has 0 heterocycles. The maximum absolute atomic E-state index is 5.66. The molecule has 1 aliphatic rings. The molecule has 0 aromatic heterocycles. The molecule has 1 fully saturated rings. The molecule has 1 saturated carbocycles. The second-order valence-electron chi connectivity index (χ2n) is 5.53.